The summed E-state index contributed by atoms with van der Waals surface area (Å²) in [5.74, 6) is 5.30. The molecule has 172 valence electrons. The lowest BCUT2D eigenvalue weighted by atomic mass is 9.79. The zero-order valence-corrected chi connectivity index (χ0v) is 19.3. The van der Waals surface area contributed by atoms with Gasteiger partial charge in [-0.2, -0.15) is 12.6 Å². The van der Waals surface area contributed by atoms with Crippen LogP contribution >= 0.6 is 12.6 Å². The average molecular weight is 424 g/mol. The molecule has 1 aromatic carbocycles. The van der Waals surface area contributed by atoms with Crippen LogP contribution in [0, 0.1) is 5.92 Å². The van der Waals surface area contributed by atoms with E-state index in [0.717, 1.165) is 31.5 Å². The highest BCUT2D eigenvalue weighted by Crippen LogP contribution is 2.35. The third kappa shape index (κ3) is 20.1. The fourth-order valence-electron chi connectivity index (χ4n) is 3.01. The van der Waals surface area contributed by atoms with Crippen LogP contribution in [0.1, 0.15) is 65.3 Å². The number of nitrogens with one attached hydrogen (secondary N) is 2. The number of rotatable bonds is 7. The van der Waals surface area contributed by atoms with Crippen LogP contribution < -0.4 is 16.5 Å². The van der Waals surface area contributed by atoms with E-state index in [4.69, 9.17) is 5.21 Å². The lowest BCUT2D eigenvalue weighted by Crippen LogP contribution is -2.20. The van der Waals surface area contributed by atoms with Crippen molar-refractivity contribution >= 4 is 12.6 Å². The molecule has 9 N–H and O–H groups in total. The van der Waals surface area contributed by atoms with Gasteiger partial charge in [0.25, 0.3) is 0 Å². The second kappa shape index (κ2) is 28.5. The normalized spacial score (nSPS) is 17.0. The molecule has 0 atom stereocenters. The van der Waals surface area contributed by atoms with Gasteiger partial charge in [-0.25, -0.2) is 5.90 Å². The molecular formula is C21H49N3O3S. The van der Waals surface area contributed by atoms with Gasteiger partial charge in [-0.15, -0.1) is 0 Å². The molecule has 0 saturated heterocycles. The zero-order valence-electron chi connectivity index (χ0n) is 18.4. The monoisotopic (exact) mass is 423 g/mol. The van der Waals surface area contributed by atoms with E-state index < -0.39 is 0 Å². The number of thiol groups is 1. The zero-order chi connectivity index (χ0) is 20.0. The number of hydrogen-bond donors (Lipinski definition) is 5. The van der Waals surface area contributed by atoms with E-state index in [9.17, 15) is 0 Å². The van der Waals surface area contributed by atoms with Crippen molar-refractivity contribution in [2.24, 2.45) is 11.8 Å². The van der Waals surface area contributed by atoms with Gasteiger partial charge in [0.2, 0.25) is 0 Å². The van der Waals surface area contributed by atoms with E-state index in [1.807, 2.05) is 7.05 Å². The van der Waals surface area contributed by atoms with Gasteiger partial charge in [0, 0.05) is 1.43 Å². The Hall–Kier alpha value is -0.670. The summed E-state index contributed by atoms with van der Waals surface area (Å²) in [6, 6.07) is 11.0. The Bertz CT molecular complexity index is 365. The van der Waals surface area contributed by atoms with Crippen molar-refractivity contribution in [3.8, 4) is 0 Å². The van der Waals surface area contributed by atoms with E-state index >= 15 is 0 Å². The highest BCUT2D eigenvalue weighted by molar-refractivity contribution is 7.79. The van der Waals surface area contributed by atoms with E-state index in [1.165, 1.54) is 38.5 Å². The Labute approximate surface area is 180 Å². The fraction of sp³-hybridized carbons (Fsp3) is 0.714. The summed E-state index contributed by atoms with van der Waals surface area (Å²) in [6.07, 6.45) is 9.78. The van der Waals surface area contributed by atoms with Gasteiger partial charge in [-0.1, -0.05) is 57.0 Å². The minimum Gasteiger partial charge on any atom is -0.412 e. The van der Waals surface area contributed by atoms with Crippen LogP contribution in [-0.2, 0) is 0 Å². The van der Waals surface area contributed by atoms with Crippen LogP contribution in [0.25, 0.3) is 0 Å². The largest absolute Gasteiger partial charge is 0.412 e. The second-order valence-corrected chi connectivity index (χ2v) is 6.57. The highest BCUT2D eigenvalue weighted by Gasteiger charge is 2.18. The summed E-state index contributed by atoms with van der Waals surface area (Å²) in [6.45, 7) is 7.99. The summed E-state index contributed by atoms with van der Waals surface area (Å²) in [5.41, 5.74) is 1.55. The van der Waals surface area contributed by atoms with Gasteiger partial charge in [0.05, 0.1) is 0 Å². The molecular weight excluding hydrogens is 374 g/mol. The molecule has 0 aliphatic heterocycles. The maximum atomic E-state index is 6.50. The van der Waals surface area contributed by atoms with Crippen LogP contribution in [0.4, 0.5) is 0 Å². The van der Waals surface area contributed by atoms with Gasteiger partial charge in [-0.3, -0.25) is 0 Å². The van der Waals surface area contributed by atoms with Crippen molar-refractivity contribution in [3.05, 3.63) is 35.9 Å². The Balaban J connectivity index is -0.000000108. The lowest BCUT2D eigenvalue weighted by Gasteiger charge is -2.26. The predicted molar refractivity (Wildman–Crippen MR) is 129 cm³/mol. The molecule has 0 radical (unpaired) electrons. The maximum absolute atomic E-state index is 6.50. The smallest absolute Gasteiger partial charge is 0 e. The van der Waals surface area contributed by atoms with Gasteiger partial charge in [0.15, 0.2) is 0 Å². The SMILES string of the molecule is CC1CCC(c2ccccc2)CC1.CCCNCCCNC.CS.NO.O.O.[HH]. The molecule has 2 rings (SSSR count). The van der Waals surface area contributed by atoms with Crippen molar-refractivity contribution in [1.29, 1.82) is 0 Å². The van der Waals surface area contributed by atoms with Gasteiger partial charge in [0.1, 0.15) is 0 Å². The molecule has 0 amide bonds. The van der Waals surface area contributed by atoms with Crippen LogP contribution in [0.3, 0.4) is 0 Å². The molecule has 1 saturated carbocycles. The first kappa shape index (κ1) is 34.8. The Morgan fingerprint density at radius 2 is 1.54 bits per heavy atom. The van der Waals surface area contributed by atoms with Gasteiger partial charge in [-0.05, 0) is 76.0 Å². The number of benzene rings is 1. The average Bonchev–Trinajstić information content (AvgIpc) is 2.73. The van der Waals surface area contributed by atoms with Gasteiger partial charge < -0.3 is 26.8 Å². The van der Waals surface area contributed by atoms with Crippen LogP contribution in [0.15, 0.2) is 30.3 Å². The Morgan fingerprint density at radius 1 is 1.00 bits per heavy atom. The topological polar surface area (TPSA) is 133 Å². The van der Waals surface area contributed by atoms with Crippen molar-refractivity contribution < 1.29 is 17.6 Å². The minimum atomic E-state index is 0. The Morgan fingerprint density at radius 3 is 2.00 bits per heavy atom. The van der Waals surface area contributed by atoms with E-state index in [2.05, 4.69) is 73.3 Å². The van der Waals surface area contributed by atoms with Crippen LogP contribution in [0.5, 0.6) is 0 Å². The molecule has 1 aliphatic carbocycles. The molecule has 0 unspecified atom stereocenters. The van der Waals surface area contributed by atoms with E-state index in [1.54, 1.807) is 11.8 Å². The third-order valence-corrected chi connectivity index (χ3v) is 4.49. The maximum Gasteiger partial charge on any atom is 0 e. The number of nitrogens with two attached hydrogens (primary N) is 1. The number of hydrogen-bond acceptors (Lipinski definition) is 5. The molecule has 7 heteroatoms. The van der Waals surface area contributed by atoms with Crippen LogP contribution in [-0.4, -0.2) is 49.1 Å². The van der Waals surface area contributed by atoms with Gasteiger partial charge >= 0.3 is 0 Å². The molecule has 1 fully saturated rings. The summed E-state index contributed by atoms with van der Waals surface area (Å²) in [5, 5.41) is 12.9. The van der Waals surface area contributed by atoms with Crippen molar-refractivity contribution in [2.75, 3.05) is 32.9 Å². The minimum absolute atomic E-state index is 0. The quantitative estimate of drug-likeness (QED) is 0.262. The first-order valence-electron chi connectivity index (χ1n) is 9.88. The molecule has 28 heavy (non-hydrogen) atoms. The summed E-state index contributed by atoms with van der Waals surface area (Å²) in [4.78, 5) is 0. The van der Waals surface area contributed by atoms with Crippen molar-refractivity contribution in [1.82, 2.24) is 10.6 Å². The van der Waals surface area contributed by atoms with Crippen LogP contribution in [0.2, 0.25) is 0 Å². The first-order valence-corrected chi connectivity index (χ1v) is 10.8. The first-order chi connectivity index (χ1) is 12.8. The molecule has 0 heterocycles. The van der Waals surface area contributed by atoms with Crippen molar-refractivity contribution in [3.63, 3.8) is 0 Å². The molecule has 0 bridgehead atoms. The summed E-state index contributed by atoms with van der Waals surface area (Å²) in [7, 11) is 1.99. The van der Waals surface area contributed by atoms with Crippen molar-refractivity contribution in [2.45, 2.75) is 58.3 Å². The Kier molecular flexibility index (Phi) is 35.5. The molecule has 0 aromatic heterocycles. The lowest BCUT2D eigenvalue weighted by molar-refractivity contribution is 0.311. The molecule has 0 spiro atoms. The second-order valence-electron chi connectivity index (χ2n) is 6.57. The van der Waals surface area contributed by atoms with E-state index in [0.29, 0.717) is 0 Å². The summed E-state index contributed by atoms with van der Waals surface area (Å²) < 4.78 is 0. The summed E-state index contributed by atoms with van der Waals surface area (Å²) >= 11 is 3.53. The molecule has 6 nitrogen and oxygen atoms in total. The molecule has 1 aliphatic rings. The fourth-order valence-corrected chi connectivity index (χ4v) is 3.01. The molecule has 1 aromatic rings. The predicted octanol–water partition coefficient (Wildman–Crippen LogP) is 3.05. The van der Waals surface area contributed by atoms with E-state index in [-0.39, 0.29) is 12.4 Å². The highest BCUT2D eigenvalue weighted by atomic mass is 32.1. The third-order valence-electron chi connectivity index (χ3n) is 4.49. The standard InChI is InChI=1S/C13H18.C7H18N2.CH4S.H3NO.2H2O.H2/c1-11-7-9-13(10-8-11)12-5-3-2-4-6-12;1-3-5-9-7-4-6-8-2;2*1-2;;;/h2-6,11,13H,7-10H2,1H3;8-9H,3-7H2,1-2H3;2H,1H3;2H,1H2;2*1H2;1H.